The highest BCUT2D eigenvalue weighted by Gasteiger charge is 2.12. The van der Waals surface area contributed by atoms with Crippen molar-refractivity contribution in [2.45, 2.75) is 20.5 Å². The van der Waals surface area contributed by atoms with E-state index in [1.54, 1.807) is 30.3 Å². The third kappa shape index (κ3) is 3.40. The number of nitriles is 1. The second-order valence-electron chi connectivity index (χ2n) is 4.91. The van der Waals surface area contributed by atoms with Crippen LogP contribution in [0.2, 0.25) is 0 Å². The van der Waals surface area contributed by atoms with Gasteiger partial charge in [-0.05, 0) is 48.7 Å². The molecule has 0 amide bonds. The number of carbonyl (C=O) groups is 1. The van der Waals surface area contributed by atoms with Crippen molar-refractivity contribution >= 4 is 11.7 Å². The number of nitrogens with zero attached hydrogens (tertiary/aromatic N) is 1. The van der Waals surface area contributed by atoms with E-state index in [1.165, 1.54) is 0 Å². The van der Waals surface area contributed by atoms with Gasteiger partial charge in [0.1, 0.15) is 6.61 Å². The highest BCUT2D eigenvalue weighted by atomic mass is 16.5. The monoisotopic (exact) mass is 280 g/mol. The van der Waals surface area contributed by atoms with Gasteiger partial charge in [-0.3, -0.25) is 0 Å². The standard InChI is InChI=1S/C17H16N2O2/c1-11-7-12(2)16(19)8-15(11)17(20)21-10-14-5-3-13(9-18)4-6-14/h3-8H,10,19H2,1-2H3. The molecule has 0 saturated carbocycles. The third-order valence-electron chi connectivity index (χ3n) is 3.29. The fourth-order valence-corrected chi connectivity index (χ4v) is 1.99. The zero-order valence-electron chi connectivity index (χ0n) is 12.0. The van der Waals surface area contributed by atoms with E-state index in [2.05, 4.69) is 0 Å². The first-order valence-electron chi connectivity index (χ1n) is 6.54. The quantitative estimate of drug-likeness (QED) is 0.692. The van der Waals surface area contributed by atoms with E-state index in [1.807, 2.05) is 26.0 Å². The van der Waals surface area contributed by atoms with E-state index in [4.69, 9.17) is 15.7 Å². The Morgan fingerprint density at radius 2 is 1.86 bits per heavy atom. The van der Waals surface area contributed by atoms with Gasteiger partial charge < -0.3 is 10.5 Å². The van der Waals surface area contributed by atoms with E-state index in [-0.39, 0.29) is 6.61 Å². The van der Waals surface area contributed by atoms with E-state index in [0.717, 1.165) is 16.7 Å². The molecule has 0 aliphatic heterocycles. The first kappa shape index (κ1) is 14.6. The smallest absolute Gasteiger partial charge is 0.338 e. The highest BCUT2D eigenvalue weighted by molar-refractivity contribution is 5.92. The maximum absolute atomic E-state index is 12.1. The van der Waals surface area contributed by atoms with Gasteiger partial charge in [-0.25, -0.2) is 4.79 Å². The molecule has 0 aliphatic rings. The summed E-state index contributed by atoms with van der Waals surface area (Å²) in [6.07, 6.45) is 0. The minimum absolute atomic E-state index is 0.164. The highest BCUT2D eigenvalue weighted by Crippen LogP contribution is 2.19. The summed E-state index contributed by atoms with van der Waals surface area (Å²) in [5.41, 5.74) is 10.1. The van der Waals surface area contributed by atoms with Crippen LogP contribution in [0.5, 0.6) is 0 Å². The molecule has 2 aromatic carbocycles. The summed E-state index contributed by atoms with van der Waals surface area (Å²) in [5, 5.41) is 8.73. The van der Waals surface area contributed by atoms with Gasteiger partial charge in [0.25, 0.3) is 0 Å². The van der Waals surface area contributed by atoms with Gasteiger partial charge in [0, 0.05) is 5.69 Å². The Labute approximate surface area is 123 Å². The molecular formula is C17H16N2O2. The minimum atomic E-state index is -0.399. The second-order valence-corrected chi connectivity index (χ2v) is 4.91. The number of hydrogen-bond acceptors (Lipinski definition) is 4. The fourth-order valence-electron chi connectivity index (χ4n) is 1.99. The Morgan fingerprint density at radius 1 is 1.19 bits per heavy atom. The molecule has 106 valence electrons. The van der Waals surface area contributed by atoms with Crippen LogP contribution in [0.15, 0.2) is 36.4 Å². The lowest BCUT2D eigenvalue weighted by molar-refractivity contribution is 0.0472. The number of carbonyl (C=O) groups excluding carboxylic acids is 1. The molecule has 0 radical (unpaired) electrons. The molecule has 0 bridgehead atoms. The van der Waals surface area contributed by atoms with Crippen LogP contribution in [0, 0.1) is 25.2 Å². The van der Waals surface area contributed by atoms with Gasteiger partial charge in [-0.1, -0.05) is 18.2 Å². The molecule has 0 atom stereocenters. The summed E-state index contributed by atoms with van der Waals surface area (Å²) in [5.74, 6) is -0.399. The van der Waals surface area contributed by atoms with Gasteiger partial charge in [-0.15, -0.1) is 0 Å². The zero-order valence-corrected chi connectivity index (χ0v) is 12.0. The molecule has 0 fully saturated rings. The Hall–Kier alpha value is -2.80. The fraction of sp³-hybridized carbons (Fsp3) is 0.176. The van der Waals surface area contributed by atoms with Gasteiger partial charge in [0.2, 0.25) is 0 Å². The molecule has 2 N–H and O–H groups in total. The number of rotatable bonds is 3. The molecule has 0 aromatic heterocycles. The summed E-state index contributed by atoms with van der Waals surface area (Å²) >= 11 is 0. The maximum atomic E-state index is 12.1. The van der Waals surface area contributed by atoms with Crippen molar-refractivity contribution in [1.82, 2.24) is 0 Å². The number of benzene rings is 2. The van der Waals surface area contributed by atoms with Crippen LogP contribution in [0.3, 0.4) is 0 Å². The van der Waals surface area contributed by atoms with Crippen LogP contribution in [0.4, 0.5) is 5.69 Å². The number of hydrogen-bond donors (Lipinski definition) is 1. The van der Waals surface area contributed by atoms with Crippen molar-refractivity contribution in [2.75, 3.05) is 5.73 Å². The lowest BCUT2D eigenvalue weighted by Gasteiger charge is -2.10. The third-order valence-corrected chi connectivity index (χ3v) is 3.29. The summed E-state index contributed by atoms with van der Waals surface area (Å²) in [7, 11) is 0. The Bertz CT molecular complexity index is 713. The molecule has 2 rings (SSSR count). The normalized spacial score (nSPS) is 9.95. The Balaban J connectivity index is 2.08. The summed E-state index contributed by atoms with van der Waals surface area (Å²) in [4.78, 5) is 12.1. The number of anilines is 1. The van der Waals surface area contributed by atoms with Crippen molar-refractivity contribution in [2.24, 2.45) is 0 Å². The van der Waals surface area contributed by atoms with Gasteiger partial charge in [0.15, 0.2) is 0 Å². The minimum Gasteiger partial charge on any atom is -0.457 e. The largest absolute Gasteiger partial charge is 0.457 e. The molecule has 2 aromatic rings. The summed E-state index contributed by atoms with van der Waals surface area (Å²) < 4.78 is 5.29. The molecule has 0 unspecified atom stereocenters. The molecule has 4 heteroatoms. The topological polar surface area (TPSA) is 76.1 Å². The van der Waals surface area contributed by atoms with E-state index in [0.29, 0.717) is 16.8 Å². The molecule has 21 heavy (non-hydrogen) atoms. The lowest BCUT2D eigenvalue weighted by atomic mass is 10.0. The van der Waals surface area contributed by atoms with Gasteiger partial charge in [0.05, 0.1) is 17.2 Å². The first-order valence-corrected chi connectivity index (χ1v) is 6.54. The Kier molecular flexibility index (Phi) is 4.24. The second kappa shape index (κ2) is 6.10. The predicted molar refractivity (Wildman–Crippen MR) is 80.6 cm³/mol. The Morgan fingerprint density at radius 3 is 2.48 bits per heavy atom. The van der Waals surface area contributed by atoms with Crippen molar-refractivity contribution in [3.8, 4) is 6.07 Å². The van der Waals surface area contributed by atoms with E-state index < -0.39 is 5.97 Å². The molecule has 0 spiro atoms. The summed E-state index contributed by atoms with van der Waals surface area (Å²) in [6, 6.07) is 12.5. The van der Waals surface area contributed by atoms with Crippen LogP contribution in [-0.2, 0) is 11.3 Å². The average molecular weight is 280 g/mol. The molecule has 0 saturated heterocycles. The SMILES string of the molecule is Cc1cc(C)c(C(=O)OCc2ccc(C#N)cc2)cc1N. The van der Waals surface area contributed by atoms with E-state index in [9.17, 15) is 4.79 Å². The van der Waals surface area contributed by atoms with E-state index >= 15 is 0 Å². The average Bonchev–Trinajstić information content (AvgIpc) is 2.49. The zero-order chi connectivity index (χ0) is 15.4. The number of esters is 1. The molecule has 0 heterocycles. The lowest BCUT2D eigenvalue weighted by Crippen LogP contribution is -2.08. The number of aryl methyl sites for hydroxylation is 2. The molecule has 0 aliphatic carbocycles. The van der Waals surface area contributed by atoms with Crippen LogP contribution >= 0.6 is 0 Å². The molecular weight excluding hydrogens is 264 g/mol. The van der Waals surface area contributed by atoms with Crippen LogP contribution < -0.4 is 5.73 Å². The van der Waals surface area contributed by atoms with Crippen LogP contribution in [0.1, 0.15) is 32.6 Å². The van der Waals surface area contributed by atoms with Gasteiger partial charge in [-0.2, -0.15) is 5.26 Å². The van der Waals surface area contributed by atoms with Crippen molar-refractivity contribution < 1.29 is 9.53 Å². The van der Waals surface area contributed by atoms with Crippen molar-refractivity contribution in [1.29, 1.82) is 5.26 Å². The predicted octanol–water partition coefficient (Wildman–Crippen LogP) is 3.11. The maximum Gasteiger partial charge on any atom is 0.338 e. The van der Waals surface area contributed by atoms with Crippen molar-refractivity contribution in [3.63, 3.8) is 0 Å². The van der Waals surface area contributed by atoms with Gasteiger partial charge >= 0.3 is 5.97 Å². The molecule has 4 nitrogen and oxygen atoms in total. The number of ether oxygens (including phenoxy) is 1. The van der Waals surface area contributed by atoms with Crippen LogP contribution in [-0.4, -0.2) is 5.97 Å². The number of nitrogen functional groups attached to an aromatic ring is 1. The van der Waals surface area contributed by atoms with Crippen molar-refractivity contribution in [3.05, 3.63) is 64.2 Å². The van der Waals surface area contributed by atoms with Crippen LogP contribution in [0.25, 0.3) is 0 Å². The number of nitrogens with two attached hydrogens (primary N) is 1. The first-order chi connectivity index (χ1) is 10.0. The summed E-state index contributed by atoms with van der Waals surface area (Å²) in [6.45, 7) is 3.91.